The first kappa shape index (κ1) is 27.0. The lowest BCUT2D eigenvalue weighted by Gasteiger charge is -2.39. The van der Waals surface area contributed by atoms with Crippen molar-refractivity contribution in [2.75, 3.05) is 12.4 Å². The Morgan fingerprint density at radius 3 is 2.46 bits per heavy atom. The molecule has 9 heteroatoms. The molecule has 1 aromatic carbocycles. The van der Waals surface area contributed by atoms with E-state index in [4.69, 9.17) is 14.3 Å². The molecule has 0 unspecified atom stereocenters. The maximum absolute atomic E-state index is 13.7. The Balaban J connectivity index is 1.97. The van der Waals surface area contributed by atoms with E-state index in [2.05, 4.69) is 51.1 Å². The summed E-state index contributed by atoms with van der Waals surface area (Å²) in [6, 6.07) is 9.47. The first-order valence-corrected chi connectivity index (χ1v) is 14.8. The van der Waals surface area contributed by atoms with Crippen LogP contribution in [0.5, 0.6) is 0 Å². The number of methoxy groups -OCH3 is 1. The molecule has 0 spiro atoms. The molecule has 0 aliphatic carbocycles. The van der Waals surface area contributed by atoms with Gasteiger partial charge in [0.2, 0.25) is 0 Å². The Morgan fingerprint density at radius 2 is 1.83 bits per heavy atom. The number of nitrogens with zero attached hydrogens (tertiary/aromatic N) is 3. The number of aromatic nitrogens is 3. The predicted molar refractivity (Wildman–Crippen MR) is 138 cm³/mol. The van der Waals surface area contributed by atoms with Crippen molar-refractivity contribution >= 4 is 19.8 Å². The van der Waals surface area contributed by atoms with Crippen LogP contribution in [-0.2, 0) is 22.3 Å². The molecule has 2 aromatic heterocycles. The van der Waals surface area contributed by atoms with Crippen LogP contribution < -0.4 is 5.32 Å². The second-order valence-electron chi connectivity index (χ2n) is 10.2. The number of rotatable bonds is 10. The zero-order chi connectivity index (χ0) is 25.8. The number of hydrogen-bond acceptors (Lipinski definition) is 5. The van der Waals surface area contributed by atoms with Gasteiger partial charge in [-0.1, -0.05) is 27.7 Å². The third-order valence-corrected chi connectivity index (χ3v) is 11.0. The Bertz CT molecular complexity index is 1140. The van der Waals surface area contributed by atoms with Crippen molar-refractivity contribution in [3.05, 3.63) is 59.9 Å². The Morgan fingerprint density at radius 1 is 1.09 bits per heavy atom. The van der Waals surface area contributed by atoms with E-state index >= 15 is 0 Å². The fourth-order valence-electron chi connectivity index (χ4n) is 3.47. The van der Waals surface area contributed by atoms with Gasteiger partial charge in [-0.15, -0.1) is 0 Å². The van der Waals surface area contributed by atoms with E-state index in [9.17, 15) is 8.78 Å². The van der Waals surface area contributed by atoms with Crippen molar-refractivity contribution in [2.24, 2.45) is 0 Å². The highest BCUT2D eigenvalue weighted by Crippen LogP contribution is 2.38. The van der Waals surface area contributed by atoms with Crippen LogP contribution in [0, 0.1) is 11.6 Å². The second kappa shape index (κ2) is 11.0. The highest BCUT2D eigenvalue weighted by molar-refractivity contribution is 6.74. The van der Waals surface area contributed by atoms with Gasteiger partial charge in [-0.3, -0.25) is 9.67 Å². The summed E-state index contributed by atoms with van der Waals surface area (Å²) in [5.41, 5.74) is 3.02. The summed E-state index contributed by atoms with van der Waals surface area (Å²) >= 11 is 0. The summed E-state index contributed by atoms with van der Waals surface area (Å²) in [7, 11) is -0.354. The standard InChI is InChI=1S/C26H36F2N4O2Si/c1-8-21(34-35(6,7)26(2,3)4)16-32-24(18-11-12-29-20(13-18)17-33-5)15-25(31-32)30-19-9-10-22(27)23(28)14-19/h9-15,21H,8,16-17H2,1-7H3,(H,30,31)/t21-/m0/s1. The van der Waals surface area contributed by atoms with Crippen molar-refractivity contribution in [3.8, 4) is 11.3 Å². The highest BCUT2D eigenvalue weighted by atomic mass is 28.4. The van der Waals surface area contributed by atoms with Crippen LogP contribution in [-0.4, -0.2) is 36.3 Å². The maximum atomic E-state index is 13.7. The van der Waals surface area contributed by atoms with Gasteiger partial charge in [-0.25, -0.2) is 8.78 Å². The number of anilines is 2. The summed E-state index contributed by atoms with van der Waals surface area (Å²) in [6.45, 7) is 14.2. The van der Waals surface area contributed by atoms with Crippen molar-refractivity contribution in [3.63, 3.8) is 0 Å². The quantitative estimate of drug-likeness (QED) is 0.305. The van der Waals surface area contributed by atoms with E-state index in [1.165, 1.54) is 6.07 Å². The Kier molecular flexibility index (Phi) is 8.45. The normalized spacial score (nSPS) is 13.2. The lowest BCUT2D eigenvalue weighted by Crippen LogP contribution is -2.44. The van der Waals surface area contributed by atoms with Crippen molar-refractivity contribution in [1.82, 2.24) is 14.8 Å². The summed E-state index contributed by atoms with van der Waals surface area (Å²) in [5, 5.41) is 7.95. The Hall–Kier alpha value is -2.62. The molecule has 3 rings (SSSR count). The third kappa shape index (κ3) is 6.74. The second-order valence-corrected chi connectivity index (χ2v) is 15.0. The van der Waals surface area contributed by atoms with Crippen LogP contribution in [0.25, 0.3) is 11.3 Å². The highest BCUT2D eigenvalue weighted by Gasteiger charge is 2.39. The number of benzene rings is 1. The monoisotopic (exact) mass is 502 g/mol. The van der Waals surface area contributed by atoms with Crippen molar-refractivity contribution < 1.29 is 17.9 Å². The lowest BCUT2D eigenvalue weighted by atomic mass is 10.1. The first-order chi connectivity index (χ1) is 16.4. The maximum Gasteiger partial charge on any atom is 0.192 e. The molecule has 3 aromatic rings. The predicted octanol–water partition coefficient (Wildman–Crippen LogP) is 6.91. The molecule has 0 aliphatic heterocycles. The van der Waals surface area contributed by atoms with Gasteiger partial charge in [0.15, 0.2) is 25.8 Å². The lowest BCUT2D eigenvalue weighted by molar-refractivity contribution is 0.153. The topological polar surface area (TPSA) is 61.2 Å². The summed E-state index contributed by atoms with van der Waals surface area (Å²) in [5.74, 6) is -1.28. The zero-order valence-electron chi connectivity index (χ0n) is 21.7. The van der Waals surface area contributed by atoms with Crippen molar-refractivity contribution in [2.45, 2.75) is 71.5 Å². The summed E-state index contributed by atoms with van der Waals surface area (Å²) < 4.78 is 41.0. The number of nitrogens with one attached hydrogen (secondary N) is 1. The average Bonchev–Trinajstić information content (AvgIpc) is 3.17. The molecule has 0 radical (unpaired) electrons. The molecule has 6 nitrogen and oxygen atoms in total. The summed E-state index contributed by atoms with van der Waals surface area (Å²) in [4.78, 5) is 4.36. The number of halogens is 2. The minimum Gasteiger partial charge on any atom is -0.412 e. The van der Waals surface area contributed by atoms with E-state index in [1.807, 2.05) is 22.9 Å². The van der Waals surface area contributed by atoms with Gasteiger partial charge in [-0.2, -0.15) is 5.10 Å². The van der Waals surface area contributed by atoms with E-state index < -0.39 is 20.0 Å². The molecule has 2 heterocycles. The van der Waals surface area contributed by atoms with Crippen molar-refractivity contribution in [1.29, 1.82) is 0 Å². The van der Waals surface area contributed by atoms with E-state index in [-0.39, 0.29) is 11.1 Å². The molecular formula is C26H36F2N4O2Si. The summed E-state index contributed by atoms with van der Waals surface area (Å²) in [6.07, 6.45) is 2.56. The minimum atomic E-state index is -1.99. The van der Waals surface area contributed by atoms with Crippen LogP contribution in [0.15, 0.2) is 42.6 Å². The van der Waals surface area contributed by atoms with Gasteiger partial charge >= 0.3 is 0 Å². The van der Waals surface area contributed by atoms with Gasteiger partial charge < -0.3 is 14.5 Å². The zero-order valence-corrected chi connectivity index (χ0v) is 22.7. The molecule has 1 N–H and O–H groups in total. The number of hydrogen-bond donors (Lipinski definition) is 1. The SMILES string of the molecule is CC[C@@H](Cn1nc(Nc2ccc(F)c(F)c2)cc1-c1ccnc(COC)c1)O[Si](C)(C)C(C)(C)C. The fourth-order valence-corrected chi connectivity index (χ4v) is 4.90. The smallest absolute Gasteiger partial charge is 0.192 e. The molecule has 0 bridgehead atoms. The van der Waals surface area contributed by atoms with Gasteiger partial charge in [0.05, 0.1) is 30.6 Å². The van der Waals surface area contributed by atoms with Gasteiger partial charge in [0.25, 0.3) is 0 Å². The minimum absolute atomic E-state index is 0.0223. The average molecular weight is 503 g/mol. The largest absolute Gasteiger partial charge is 0.412 e. The van der Waals surface area contributed by atoms with E-state index in [0.29, 0.717) is 24.7 Å². The molecule has 0 saturated carbocycles. The van der Waals surface area contributed by atoms with Crippen LogP contribution in [0.1, 0.15) is 39.8 Å². The van der Waals surface area contributed by atoms with Crippen LogP contribution in [0.2, 0.25) is 18.1 Å². The first-order valence-electron chi connectivity index (χ1n) is 11.9. The molecule has 0 saturated heterocycles. The number of pyridine rings is 1. The van der Waals surface area contributed by atoms with Gasteiger partial charge in [0, 0.05) is 36.7 Å². The molecule has 1 atom stereocenters. The molecule has 0 amide bonds. The van der Waals surface area contributed by atoms with E-state index in [1.54, 1.807) is 13.3 Å². The molecule has 190 valence electrons. The molecular weight excluding hydrogens is 466 g/mol. The molecule has 0 fully saturated rings. The van der Waals surface area contributed by atoms with Crippen LogP contribution in [0.4, 0.5) is 20.3 Å². The Labute approximate surface area is 207 Å². The number of ether oxygens (including phenoxy) is 1. The fraction of sp³-hybridized carbons (Fsp3) is 0.462. The third-order valence-electron chi connectivity index (χ3n) is 6.48. The van der Waals surface area contributed by atoms with Gasteiger partial charge in [0.1, 0.15) is 0 Å². The van der Waals surface area contributed by atoms with Gasteiger partial charge in [-0.05, 0) is 48.8 Å². The van der Waals surface area contributed by atoms with Crippen LogP contribution in [0.3, 0.4) is 0 Å². The van der Waals surface area contributed by atoms with Crippen LogP contribution >= 0.6 is 0 Å². The molecule has 0 aliphatic rings. The molecule has 35 heavy (non-hydrogen) atoms. The van der Waals surface area contributed by atoms with E-state index in [0.717, 1.165) is 35.5 Å².